The number of likely N-dealkylation sites (tertiary alicyclic amines) is 1. The molecule has 1 saturated heterocycles. The van der Waals surface area contributed by atoms with Crippen LogP contribution in [0.5, 0.6) is 5.75 Å². The Labute approximate surface area is 186 Å². The molecule has 0 bridgehead atoms. The maximum Gasteiger partial charge on any atom is 0.307 e. The summed E-state index contributed by atoms with van der Waals surface area (Å²) in [7, 11) is 0. The Bertz CT molecular complexity index is 1070. The van der Waals surface area contributed by atoms with Gasteiger partial charge in [0.25, 0.3) is 0 Å². The van der Waals surface area contributed by atoms with Gasteiger partial charge in [-0.2, -0.15) is 0 Å². The van der Waals surface area contributed by atoms with E-state index in [4.69, 9.17) is 4.74 Å². The van der Waals surface area contributed by atoms with E-state index in [0.717, 1.165) is 17.2 Å². The lowest BCUT2D eigenvalue weighted by Crippen LogP contribution is -2.41. The van der Waals surface area contributed by atoms with Crippen molar-refractivity contribution < 1.29 is 23.4 Å². The van der Waals surface area contributed by atoms with E-state index in [1.807, 2.05) is 59.5 Å². The predicted octanol–water partition coefficient (Wildman–Crippen LogP) is 5.43. The van der Waals surface area contributed by atoms with Crippen molar-refractivity contribution in [2.24, 2.45) is 5.92 Å². The van der Waals surface area contributed by atoms with E-state index in [-0.39, 0.29) is 0 Å². The first-order chi connectivity index (χ1) is 15.5. The van der Waals surface area contributed by atoms with Crippen molar-refractivity contribution >= 4 is 5.97 Å². The third-order valence-electron chi connectivity index (χ3n) is 5.85. The van der Waals surface area contributed by atoms with Crippen LogP contribution in [0.4, 0.5) is 8.78 Å². The standard InChI is InChI=1S/C26H25F2NO3/c27-21-11-12-23(24(28)15-21)25(29-13-5-9-20(16-29)26(30)31)19-8-4-10-22(14-19)32-17-18-6-2-1-3-7-18/h1-4,6-8,10-12,14-15,20,25H,5,9,13,16-17H2,(H,30,31). The molecule has 0 aliphatic carbocycles. The van der Waals surface area contributed by atoms with Crippen molar-refractivity contribution in [2.45, 2.75) is 25.5 Å². The molecule has 1 aliphatic rings. The van der Waals surface area contributed by atoms with Crippen LogP contribution in [0, 0.1) is 17.6 Å². The number of halogens is 2. The molecule has 3 aromatic rings. The number of nitrogens with zero attached hydrogens (tertiary/aromatic N) is 1. The van der Waals surface area contributed by atoms with E-state index >= 15 is 0 Å². The summed E-state index contributed by atoms with van der Waals surface area (Å²) >= 11 is 0. The highest BCUT2D eigenvalue weighted by molar-refractivity contribution is 5.70. The Morgan fingerprint density at radius 2 is 1.88 bits per heavy atom. The van der Waals surface area contributed by atoms with Crippen molar-refractivity contribution in [3.05, 3.63) is 101 Å². The number of carboxylic acids is 1. The molecule has 6 heteroatoms. The van der Waals surface area contributed by atoms with Crippen LogP contribution in [0.15, 0.2) is 72.8 Å². The van der Waals surface area contributed by atoms with Crippen LogP contribution in [-0.4, -0.2) is 29.1 Å². The molecular formula is C26H25F2NO3. The lowest BCUT2D eigenvalue weighted by Gasteiger charge is -2.37. The molecule has 4 nitrogen and oxygen atoms in total. The summed E-state index contributed by atoms with van der Waals surface area (Å²) in [6.07, 6.45) is 1.28. The Hall–Kier alpha value is -3.25. The zero-order chi connectivity index (χ0) is 22.5. The minimum absolute atomic E-state index is 0.298. The summed E-state index contributed by atoms with van der Waals surface area (Å²) in [5.41, 5.74) is 2.11. The van der Waals surface area contributed by atoms with Gasteiger partial charge in [-0.05, 0) is 48.7 Å². The van der Waals surface area contributed by atoms with Crippen LogP contribution in [0.25, 0.3) is 0 Å². The largest absolute Gasteiger partial charge is 0.489 e. The molecule has 166 valence electrons. The number of carboxylic acid groups (broad SMARTS) is 1. The SMILES string of the molecule is O=C(O)C1CCCN(C(c2cccc(OCc3ccccc3)c2)c2ccc(F)cc2F)C1. The minimum atomic E-state index is -0.854. The van der Waals surface area contributed by atoms with Crippen LogP contribution in [0.3, 0.4) is 0 Å². The molecule has 0 amide bonds. The third kappa shape index (κ3) is 5.14. The van der Waals surface area contributed by atoms with Gasteiger partial charge < -0.3 is 9.84 Å². The maximum absolute atomic E-state index is 14.9. The maximum atomic E-state index is 14.9. The van der Waals surface area contributed by atoms with Crippen molar-refractivity contribution in [2.75, 3.05) is 13.1 Å². The second kappa shape index (κ2) is 9.92. The van der Waals surface area contributed by atoms with Gasteiger partial charge in [-0.3, -0.25) is 9.69 Å². The second-order valence-corrected chi connectivity index (χ2v) is 8.09. The molecule has 1 aliphatic heterocycles. The monoisotopic (exact) mass is 437 g/mol. The summed E-state index contributed by atoms with van der Waals surface area (Å²) in [4.78, 5) is 13.6. The molecule has 0 radical (unpaired) electrons. The molecule has 4 rings (SSSR count). The molecule has 3 aromatic carbocycles. The molecule has 0 spiro atoms. The van der Waals surface area contributed by atoms with Gasteiger partial charge in [0, 0.05) is 18.2 Å². The molecule has 32 heavy (non-hydrogen) atoms. The zero-order valence-electron chi connectivity index (χ0n) is 17.6. The summed E-state index contributed by atoms with van der Waals surface area (Å²) in [6.45, 7) is 1.32. The average molecular weight is 437 g/mol. The Morgan fingerprint density at radius 3 is 2.62 bits per heavy atom. The van der Waals surface area contributed by atoms with Gasteiger partial charge >= 0.3 is 5.97 Å². The van der Waals surface area contributed by atoms with Crippen molar-refractivity contribution in [1.29, 1.82) is 0 Å². The topological polar surface area (TPSA) is 49.8 Å². The van der Waals surface area contributed by atoms with Crippen LogP contribution < -0.4 is 4.74 Å². The first kappa shape index (κ1) is 22.0. The highest BCUT2D eigenvalue weighted by Crippen LogP contribution is 2.35. The van der Waals surface area contributed by atoms with Gasteiger partial charge in [-0.1, -0.05) is 48.5 Å². The number of hydrogen-bond donors (Lipinski definition) is 1. The van der Waals surface area contributed by atoms with Crippen molar-refractivity contribution in [3.8, 4) is 5.75 Å². The lowest BCUT2D eigenvalue weighted by molar-refractivity contribution is -0.143. The summed E-state index contributed by atoms with van der Waals surface area (Å²) in [5, 5.41) is 9.52. The van der Waals surface area contributed by atoms with Crippen molar-refractivity contribution in [1.82, 2.24) is 4.90 Å². The van der Waals surface area contributed by atoms with Gasteiger partial charge in [0.2, 0.25) is 0 Å². The predicted molar refractivity (Wildman–Crippen MR) is 117 cm³/mol. The number of ether oxygens (including phenoxy) is 1. The van der Waals surface area contributed by atoms with Gasteiger partial charge in [-0.15, -0.1) is 0 Å². The highest BCUT2D eigenvalue weighted by atomic mass is 19.1. The first-order valence-corrected chi connectivity index (χ1v) is 10.7. The summed E-state index contributed by atoms with van der Waals surface area (Å²) < 4.78 is 34.4. The van der Waals surface area contributed by atoms with Crippen LogP contribution in [-0.2, 0) is 11.4 Å². The molecule has 1 heterocycles. The van der Waals surface area contributed by atoms with Gasteiger partial charge in [0.05, 0.1) is 12.0 Å². The van der Waals surface area contributed by atoms with Gasteiger partial charge in [0.15, 0.2) is 0 Å². The van der Waals surface area contributed by atoms with Crippen LogP contribution >= 0.6 is 0 Å². The number of rotatable bonds is 7. The average Bonchev–Trinajstić information content (AvgIpc) is 2.80. The number of benzene rings is 3. The molecule has 0 saturated carbocycles. The molecular weight excluding hydrogens is 412 g/mol. The lowest BCUT2D eigenvalue weighted by atomic mass is 9.91. The Kier molecular flexibility index (Phi) is 6.81. The fraction of sp³-hybridized carbons (Fsp3) is 0.269. The Balaban J connectivity index is 1.66. The summed E-state index contributed by atoms with van der Waals surface area (Å²) in [6, 6.07) is 20.2. The number of piperidine rings is 1. The first-order valence-electron chi connectivity index (χ1n) is 10.7. The van der Waals surface area contributed by atoms with Gasteiger partial charge in [-0.25, -0.2) is 8.78 Å². The van der Waals surface area contributed by atoms with E-state index < -0.39 is 29.6 Å². The van der Waals surface area contributed by atoms with E-state index in [2.05, 4.69) is 0 Å². The smallest absolute Gasteiger partial charge is 0.307 e. The van der Waals surface area contributed by atoms with E-state index in [0.29, 0.717) is 43.9 Å². The van der Waals surface area contributed by atoms with Crippen LogP contribution in [0.2, 0.25) is 0 Å². The fourth-order valence-electron chi connectivity index (χ4n) is 4.27. The van der Waals surface area contributed by atoms with Crippen molar-refractivity contribution in [3.63, 3.8) is 0 Å². The molecule has 1 N–H and O–H groups in total. The Morgan fingerprint density at radius 1 is 1.06 bits per heavy atom. The number of aliphatic carboxylic acids is 1. The highest BCUT2D eigenvalue weighted by Gasteiger charge is 2.32. The fourth-order valence-corrected chi connectivity index (χ4v) is 4.27. The zero-order valence-corrected chi connectivity index (χ0v) is 17.6. The minimum Gasteiger partial charge on any atom is -0.489 e. The van der Waals surface area contributed by atoms with Crippen LogP contribution in [0.1, 0.15) is 35.6 Å². The normalized spacial score (nSPS) is 17.6. The third-order valence-corrected chi connectivity index (χ3v) is 5.85. The number of carbonyl (C=O) groups is 1. The summed E-state index contributed by atoms with van der Waals surface area (Å²) in [5.74, 6) is -2.04. The molecule has 2 atom stereocenters. The quantitative estimate of drug-likeness (QED) is 0.536. The molecule has 2 unspecified atom stereocenters. The van der Waals surface area contributed by atoms with E-state index in [9.17, 15) is 18.7 Å². The second-order valence-electron chi connectivity index (χ2n) is 8.09. The van der Waals surface area contributed by atoms with E-state index in [1.165, 1.54) is 12.1 Å². The van der Waals surface area contributed by atoms with Gasteiger partial charge in [0.1, 0.15) is 24.0 Å². The van der Waals surface area contributed by atoms with E-state index in [1.54, 1.807) is 0 Å². The number of hydrogen-bond acceptors (Lipinski definition) is 3. The molecule has 0 aromatic heterocycles. The molecule has 1 fully saturated rings.